The predicted molar refractivity (Wildman–Crippen MR) is 24.7 cm³/mol. The van der Waals surface area contributed by atoms with E-state index in [0.717, 1.165) is 6.92 Å². The average molecular weight is 109 g/mol. The Labute approximate surface area is 59.4 Å². The minimum atomic E-state index is -0.833. The van der Waals surface area contributed by atoms with Gasteiger partial charge in [-0.1, -0.05) is 0 Å². The molecule has 0 aliphatic carbocycles. The second kappa shape index (κ2) is 9.35. The first-order chi connectivity index (χ1) is 3.15. The molecule has 0 aromatic carbocycles. The summed E-state index contributed by atoms with van der Waals surface area (Å²) in [5, 5.41) is 14.8. The summed E-state index contributed by atoms with van der Waals surface area (Å²) in [6, 6.07) is 0. The predicted octanol–water partition coefficient (Wildman–Crippen LogP) is -0.273. The van der Waals surface area contributed by atoms with Crippen LogP contribution in [0.3, 0.4) is 0 Å². The van der Waals surface area contributed by atoms with Gasteiger partial charge in [-0.3, -0.25) is 4.79 Å². The van der Waals surface area contributed by atoms with Crippen LogP contribution in [0.15, 0.2) is 0 Å². The van der Waals surface area contributed by atoms with Crippen LogP contribution in [0.1, 0.15) is 6.92 Å². The van der Waals surface area contributed by atoms with E-state index in [-0.39, 0.29) is 0 Å². The van der Waals surface area contributed by atoms with Crippen LogP contribution in [0.25, 0.3) is 0 Å². The van der Waals surface area contributed by atoms with Crippen molar-refractivity contribution in [1.29, 1.82) is 5.26 Å². The van der Waals surface area contributed by atoms with Gasteiger partial charge >= 0.3 is 36.5 Å². The molecule has 0 aliphatic rings. The van der Waals surface area contributed by atoms with Crippen molar-refractivity contribution >= 4 is 33.9 Å². The molecule has 34 valence electrons. The molecule has 4 heteroatoms. The molecule has 0 atom stereocenters. The summed E-state index contributed by atoms with van der Waals surface area (Å²) in [5.74, 6) is -0.833. The number of nitriles is 1. The number of rotatable bonds is 0. The van der Waals surface area contributed by atoms with Crippen molar-refractivity contribution in [2.45, 2.75) is 6.92 Å². The molecule has 7 heavy (non-hydrogen) atoms. The Morgan fingerprint density at radius 1 is 2.00 bits per heavy atom. The molecular weight excluding hydrogens is 105 g/mol. The van der Waals surface area contributed by atoms with Crippen LogP contribution in [0.2, 0.25) is 0 Å². The third-order valence-electron chi connectivity index (χ3n) is 0. The summed E-state index contributed by atoms with van der Waals surface area (Å²) in [6.45, 7) is 1.08. The van der Waals surface area contributed by atoms with Crippen molar-refractivity contribution < 1.29 is 9.90 Å². The van der Waals surface area contributed by atoms with Gasteiger partial charge in [0.2, 0.25) is 0 Å². The zero-order valence-electron chi connectivity index (χ0n) is 4.30. The summed E-state index contributed by atoms with van der Waals surface area (Å²) in [6.07, 6.45) is 0. The van der Waals surface area contributed by atoms with Gasteiger partial charge in [0.05, 0.1) is 0 Å². The zero-order valence-corrected chi connectivity index (χ0v) is 6.30. The van der Waals surface area contributed by atoms with Crippen LogP contribution >= 0.6 is 0 Å². The molecule has 0 spiro atoms. The number of hydrogen-bond acceptors (Lipinski definition) is 2. The number of carboxylic acids is 1. The molecule has 0 unspecified atom stereocenters. The van der Waals surface area contributed by atoms with Gasteiger partial charge in [-0.2, -0.15) is 0 Å². The van der Waals surface area contributed by atoms with Crippen LogP contribution in [-0.4, -0.2) is 39.0 Å². The fourth-order valence-electron chi connectivity index (χ4n) is 0. The maximum atomic E-state index is 9.00. The van der Waals surface area contributed by atoms with Crippen molar-refractivity contribution in [2.24, 2.45) is 0 Å². The molecule has 3 nitrogen and oxygen atoms in total. The normalized spacial score (nSPS) is 4.86. The number of hydrogen-bond donors (Lipinski definition) is 1. The van der Waals surface area contributed by atoms with Gasteiger partial charge in [0, 0.05) is 6.92 Å². The molecule has 0 aromatic rings. The van der Waals surface area contributed by atoms with Gasteiger partial charge in [0.25, 0.3) is 5.97 Å². The van der Waals surface area contributed by atoms with Crippen molar-refractivity contribution in [3.05, 3.63) is 0 Å². The van der Waals surface area contributed by atoms with Crippen LogP contribution in [-0.2, 0) is 4.79 Å². The van der Waals surface area contributed by atoms with Crippen LogP contribution in [0, 0.1) is 8.58 Å². The Balaban J connectivity index is 0. The van der Waals surface area contributed by atoms with E-state index in [4.69, 9.17) is 15.2 Å². The van der Waals surface area contributed by atoms with E-state index >= 15 is 0 Å². The molecule has 0 bridgehead atoms. The number of nitrogens with zero attached hydrogens (tertiary/aromatic N) is 1. The van der Waals surface area contributed by atoms with Gasteiger partial charge in [0.15, 0.2) is 0 Å². The first-order valence-corrected chi connectivity index (χ1v) is 2.65. The Kier molecular flexibility index (Phi) is 13.4. The average Bonchev–Trinajstić information content (AvgIpc) is 1.33. The second-order valence-electron chi connectivity index (χ2n) is 0.743. The summed E-state index contributed by atoms with van der Waals surface area (Å²) in [5.41, 5.74) is 0. The summed E-state index contributed by atoms with van der Waals surface area (Å²) < 4.78 is 1.89. The molecule has 0 amide bonds. The Hall–Kier alpha value is -0.0400. The van der Waals surface area contributed by atoms with Crippen LogP contribution in [0.4, 0.5) is 0 Å². The summed E-state index contributed by atoms with van der Waals surface area (Å²) in [7, 11) is 0. The standard InChI is InChI=1S/C2H4O2.CN.Na/c1-2(3)4;1-2;/h1H3,(H,3,4);;. The monoisotopic (exact) mass is 109 g/mol. The second-order valence-corrected chi connectivity index (χ2v) is 1.19. The summed E-state index contributed by atoms with van der Waals surface area (Å²) >= 11 is 0.674. The minimum absolute atomic E-state index is 0.674. The third-order valence-corrected chi connectivity index (χ3v) is 0. The van der Waals surface area contributed by atoms with Crippen molar-refractivity contribution in [3.63, 3.8) is 0 Å². The van der Waals surface area contributed by atoms with Crippen molar-refractivity contribution in [2.75, 3.05) is 0 Å². The number of carbonyl (C=O) groups is 1. The quantitative estimate of drug-likeness (QED) is 0.435. The third kappa shape index (κ3) is 58400. The molecule has 0 radical (unpaired) electrons. The van der Waals surface area contributed by atoms with Gasteiger partial charge < -0.3 is 5.11 Å². The molecule has 0 aliphatic heterocycles. The zero-order chi connectivity index (χ0) is 6.28. The van der Waals surface area contributed by atoms with Gasteiger partial charge in [-0.15, -0.1) is 0 Å². The topological polar surface area (TPSA) is 61.1 Å². The molecule has 0 saturated heterocycles. The van der Waals surface area contributed by atoms with E-state index in [9.17, 15) is 0 Å². The van der Waals surface area contributed by atoms with Crippen molar-refractivity contribution in [3.8, 4) is 3.32 Å². The van der Waals surface area contributed by atoms with Gasteiger partial charge in [-0.05, 0) is 0 Å². The molecule has 0 saturated carbocycles. The molecule has 0 fully saturated rings. The van der Waals surface area contributed by atoms with Crippen molar-refractivity contribution in [1.82, 2.24) is 0 Å². The maximum absolute atomic E-state index is 9.00. The van der Waals surface area contributed by atoms with E-state index in [1.165, 1.54) is 0 Å². The fourth-order valence-corrected chi connectivity index (χ4v) is 0. The number of carboxylic acid groups (broad SMARTS) is 1. The first-order valence-electron chi connectivity index (χ1n) is 1.65. The molecule has 0 aromatic heterocycles. The fraction of sp³-hybridized carbons (Fsp3) is 0.333. The SMILES string of the molecule is CC(=O)O.N#[C][Na]. The van der Waals surface area contributed by atoms with Crippen LogP contribution < -0.4 is 0 Å². The van der Waals surface area contributed by atoms with Crippen LogP contribution in [0.5, 0.6) is 0 Å². The Bertz CT molecular complexity index is 81.4. The van der Waals surface area contributed by atoms with Gasteiger partial charge in [-0.25, -0.2) is 0 Å². The van der Waals surface area contributed by atoms with E-state index in [0.29, 0.717) is 27.9 Å². The molecule has 0 rings (SSSR count). The molecule has 1 N–H and O–H groups in total. The summed E-state index contributed by atoms with van der Waals surface area (Å²) in [4.78, 5) is 9.00. The Morgan fingerprint density at radius 2 is 2.00 bits per heavy atom. The van der Waals surface area contributed by atoms with E-state index in [1.807, 2.05) is 3.32 Å². The van der Waals surface area contributed by atoms with E-state index in [2.05, 4.69) is 0 Å². The van der Waals surface area contributed by atoms with E-state index in [1.54, 1.807) is 0 Å². The first kappa shape index (κ1) is 10.0. The Morgan fingerprint density at radius 3 is 2.00 bits per heavy atom. The number of aliphatic carboxylic acids is 1. The van der Waals surface area contributed by atoms with Gasteiger partial charge in [0.1, 0.15) is 0 Å². The molecule has 0 heterocycles. The molecular formula is C3H4NNaO2. The van der Waals surface area contributed by atoms with E-state index < -0.39 is 5.97 Å².